The summed E-state index contributed by atoms with van der Waals surface area (Å²) in [5.41, 5.74) is 0.602. The molecule has 0 aliphatic rings. The average Bonchev–Trinajstić information content (AvgIpc) is 2.71. The molecular formula is C13H14F3N3. The Morgan fingerprint density at radius 3 is 2.47 bits per heavy atom. The molecule has 0 saturated heterocycles. The van der Waals surface area contributed by atoms with Crippen LogP contribution >= 0.6 is 0 Å². The SMILES string of the molecule is Cc1cn(C(C)C)c(Nc2ccc(F)c(F)c2F)n1. The molecule has 0 atom stereocenters. The fraction of sp³-hybridized carbons (Fsp3) is 0.308. The summed E-state index contributed by atoms with van der Waals surface area (Å²) in [6.45, 7) is 5.67. The van der Waals surface area contributed by atoms with E-state index in [0.29, 0.717) is 5.95 Å². The Morgan fingerprint density at radius 2 is 1.84 bits per heavy atom. The Bertz CT molecular complexity index is 605. The first kappa shape index (κ1) is 13.5. The summed E-state index contributed by atoms with van der Waals surface area (Å²) in [6, 6.07) is 2.12. The zero-order valence-electron chi connectivity index (χ0n) is 10.8. The van der Waals surface area contributed by atoms with Crippen LogP contribution in [0.5, 0.6) is 0 Å². The Balaban J connectivity index is 2.39. The molecule has 3 nitrogen and oxygen atoms in total. The fourth-order valence-electron chi connectivity index (χ4n) is 1.75. The van der Waals surface area contributed by atoms with Crippen LogP contribution in [0, 0.1) is 24.4 Å². The van der Waals surface area contributed by atoms with Crippen molar-refractivity contribution in [2.75, 3.05) is 5.32 Å². The lowest BCUT2D eigenvalue weighted by Crippen LogP contribution is -2.07. The molecule has 2 aromatic rings. The highest BCUT2D eigenvalue weighted by atomic mass is 19.2. The highest BCUT2D eigenvalue weighted by molar-refractivity contribution is 5.55. The molecule has 0 saturated carbocycles. The van der Waals surface area contributed by atoms with Crippen LogP contribution in [-0.2, 0) is 0 Å². The molecule has 0 aliphatic carbocycles. The van der Waals surface area contributed by atoms with Gasteiger partial charge in [0.05, 0.1) is 11.4 Å². The number of hydrogen-bond acceptors (Lipinski definition) is 2. The van der Waals surface area contributed by atoms with Crippen molar-refractivity contribution in [2.45, 2.75) is 26.8 Å². The van der Waals surface area contributed by atoms with Gasteiger partial charge in [0.1, 0.15) is 0 Å². The van der Waals surface area contributed by atoms with E-state index in [2.05, 4.69) is 10.3 Å². The van der Waals surface area contributed by atoms with Crippen molar-refractivity contribution < 1.29 is 13.2 Å². The van der Waals surface area contributed by atoms with Crippen LogP contribution in [0.4, 0.5) is 24.8 Å². The standard InChI is InChI=1S/C13H14F3N3/c1-7(2)19-6-8(3)17-13(19)18-10-5-4-9(14)11(15)12(10)16/h4-7H,1-3H3,(H,17,18). The van der Waals surface area contributed by atoms with Crippen LogP contribution in [0.1, 0.15) is 25.6 Å². The van der Waals surface area contributed by atoms with Crippen molar-refractivity contribution in [3.8, 4) is 0 Å². The van der Waals surface area contributed by atoms with Crippen molar-refractivity contribution in [3.05, 3.63) is 41.5 Å². The maximum absolute atomic E-state index is 13.6. The molecule has 1 aromatic carbocycles. The maximum Gasteiger partial charge on any atom is 0.207 e. The lowest BCUT2D eigenvalue weighted by molar-refractivity contribution is 0.449. The number of benzene rings is 1. The lowest BCUT2D eigenvalue weighted by atomic mass is 10.3. The zero-order chi connectivity index (χ0) is 14.2. The molecule has 2 rings (SSSR count). The molecule has 0 aliphatic heterocycles. The second-order valence-electron chi connectivity index (χ2n) is 4.55. The van der Waals surface area contributed by atoms with E-state index >= 15 is 0 Å². The topological polar surface area (TPSA) is 29.9 Å². The molecule has 1 heterocycles. The molecule has 102 valence electrons. The van der Waals surface area contributed by atoms with Gasteiger partial charge in [0.25, 0.3) is 0 Å². The van der Waals surface area contributed by atoms with Gasteiger partial charge in [-0.1, -0.05) is 0 Å². The van der Waals surface area contributed by atoms with Gasteiger partial charge in [0.15, 0.2) is 17.5 Å². The quantitative estimate of drug-likeness (QED) is 0.855. The van der Waals surface area contributed by atoms with Gasteiger partial charge in [0.2, 0.25) is 5.95 Å². The first-order valence-corrected chi connectivity index (χ1v) is 5.86. The Labute approximate surface area is 109 Å². The van der Waals surface area contributed by atoms with E-state index in [9.17, 15) is 13.2 Å². The third kappa shape index (κ3) is 2.57. The van der Waals surface area contributed by atoms with Gasteiger partial charge in [-0.2, -0.15) is 0 Å². The molecule has 0 unspecified atom stereocenters. The van der Waals surface area contributed by atoms with Crippen LogP contribution in [0.3, 0.4) is 0 Å². The second-order valence-corrected chi connectivity index (χ2v) is 4.55. The number of halogens is 3. The maximum atomic E-state index is 13.6. The molecular weight excluding hydrogens is 255 g/mol. The average molecular weight is 269 g/mol. The summed E-state index contributed by atoms with van der Waals surface area (Å²) in [5, 5.41) is 2.68. The van der Waals surface area contributed by atoms with E-state index in [0.717, 1.165) is 17.8 Å². The number of anilines is 2. The number of aryl methyl sites for hydroxylation is 1. The van der Waals surface area contributed by atoms with Gasteiger partial charge in [0, 0.05) is 12.2 Å². The Morgan fingerprint density at radius 1 is 1.16 bits per heavy atom. The van der Waals surface area contributed by atoms with Crippen LogP contribution in [0.25, 0.3) is 0 Å². The van der Waals surface area contributed by atoms with Gasteiger partial charge < -0.3 is 9.88 Å². The van der Waals surface area contributed by atoms with Crippen molar-refractivity contribution in [2.24, 2.45) is 0 Å². The lowest BCUT2D eigenvalue weighted by Gasteiger charge is -2.13. The number of aromatic nitrogens is 2. The van der Waals surface area contributed by atoms with Gasteiger partial charge in [-0.3, -0.25) is 0 Å². The van der Waals surface area contributed by atoms with E-state index in [1.807, 2.05) is 13.8 Å². The number of nitrogens with one attached hydrogen (secondary N) is 1. The Hall–Kier alpha value is -1.98. The minimum atomic E-state index is -1.50. The van der Waals surface area contributed by atoms with Crippen LogP contribution in [-0.4, -0.2) is 9.55 Å². The molecule has 6 heteroatoms. The van der Waals surface area contributed by atoms with E-state index < -0.39 is 17.5 Å². The number of nitrogens with zero attached hydrogens (tertiary/aromatic N) is 2. The van der Waals surface area contributed by atoms with Gasteiger partial charge in [-0.15, -0.1) is 0 Å². The van der Waals surface area contributed by atoms with Crippen LogP contribution < -0.4 is 5.32 Å². The molecule has 0 amide bonds. The van der Waals surface area contributed by atoms with Crippen molar-refractivity contribution in [1.82, 2.24) is 9.55 Å². The van der Waals surface area contributed by atoms with Crippen LogP contribution in [0.2, 0.25) is 0 Å². The third-order valence-corrected chi connectivity index (χ3v) is 2.69. The summed E-state index contributed by atoms with van der Waals surface area (Å²) in [7, 11) is 0. The van der Waals surface area contributed by atoms with E-state index in [1.54, 1.807) is 17.7 Å². The number of rotatable bonds is 3. The molecule has 19 heavy (non-hydrogen) atoms. The second kappa shape index (κ2) is 4.95. The minimum absolute atomic E-state index is 0.108. The minimum Gasteiger partial charge on any atom is -0.323 e. The van der Waals surface area contributed by atoms with Crippen LogP contribution in [0.15, 0.2) is 18.3 Å². The fourth-order valence-corrected chi connectivity index (χ4v) is 1.75. The normalized spacial score (nSPS) is 11.1. The zero-order valence-corrected chi connectivity index (χ0v) is 10.8. The van der Waals surface area contributed by atoms with E-state index in [1.165, 1.54) is 0 Å². The predicted molar refractivity (Wildman–Crippen MR) is 66.9 cm³/mol. The molecule has 0 radical (unpaired) electrons. The molecule has 1 aromatic heterocycles. The number of imidazole rings is 1. The molecule has 0 bridgehead atoms. The first-order chi connectivity index (χ1) is 8.90. The summed E-state index contributed by atoms with van der Waals surface area (Å²) in [4.78, 5) is 4.19. The van der Waals surface area contributed by atoms with Gasteiger partial charge in [-0.25, -0.2) is 18.2 Å². The summed E-state index contributed by atoms with van der Waals surface area (Å²) < 4.78 is 41.3. The molecule has 0 fully saturated rings. The molecule has 1 N–H and O–H groups in total. The highest BCUT2D eigenvalue weighted by Gasteiger charge is 2.16. The number of hydrogen-bond donors (Lipinski definition) is 1. The Kier molecular flexibility index (Phi) is 3.50. The predicted octanol–water partition coefficient (Wildman–Crippen LogP) is 3.93. The summed E-state index contributed by atoms with van der Waals surface area (Å²) in [6.07, 6.45) is 1.80. The van der Waals surface area contributed by atoms with E-state index in [-0.39, 0.29) is 11.7 Å². The van der Waals surface area contributed by atoms with Crippen molar-refractivity contribution in [1.29, 1.82) is 0 Å². The van der Waals surface area contributed by atoms with Crippen molar-refractivity contribution in [3.63, 3.8) is 0 Å². The summed E-state index contributed by atoms with van der Waals surface area (Å²) >= 11 is 0. The molecule has 0 spiro atoms. The smallest absolute Gasteiger partial charge is 0.207 e. The highest BCUT2D eigenvalue weighted by Crippen LogP contribution is 2.24. The summed E-state index contributed by atoms with van der Waals surface area (Å²) in [5.74, 6) is -3.58. The van der Waals surface area contributed by atoms with Crippen molar-refractivity contribution >= 4 is 11.6 Å². The van der Waals surface area contributed by atoms with Gasteiger partial charge in [-0.05, 0) is 32.9 Å². The first-order valence-electron chi connectivity index (χ1n) is 5.86. The largest absolute Gasteiger partial charge is 0.323 e. The van der Waals surface area contributed by atoms with E-state index in [4.69, 9.17) is 0 Å². The van der Waals surface area contributed by atoms with Gasteiger partial charge >= 0.3 is 0 Å². The third-order valence-electron chi connectivity index (χ3n) is 2.69. The monoisotopic (exact) mass is 269 g/mol.